The number of amides is 1. The lowest BCUT2D eigenvalue weighted by Crippen LogP contribution is -2.34. The van der Waals surface area contributed by atoms with Crippen molar-refractivity contribution in [2.75, 3.05) is 6.54 Å². The van der Waals surface area contributed by atoms with E-state index in [1.807, 2.05) is 42.5 Å². The van der Waals surface area contributed by atoms with Gasteiger partial charge in [-0.15, -0.1) is 0 Å². The fourth-order valence-corrected chi connectivity index (χ4v) is 3.96. The fourth-order valence-electron chi connectivity index (χ4n) is 3.96. The first-order chi connectivity index (χ1) is 15.6. The van der Waals surface area contributed by atoms with Gasteiger partial charge >= 0.3 is 0 Å². The van der Waals surface area contributed by atoms with E-state index in [0.29, 0.717) is 34.8 Å². The number of carbonyl (C=O) groups excluding carboxylic acids is 1. The van der Waals surface area contributed by atoms with Gasteiger partial charge in [-0.3, -0.25) is 9.78 Å². The zero-order chi connectivity index (χ0) is 22.1. The quantitative estimate of drug-likeness (QED) is 0.502. The van der Waals surface area contributed by atoms with Crippen molar-refractivity contribution >= 4 is 5.91 Å². The minimum atomic E-state index is -0.383. The first-order valence-corrected chi connectivity index (χ1v) is 10.3. The summed E-state index contributed by atoms with van der Waals surface area (Å²) in [6.07, 6.45) is 3.35. The SMILES string of the molecule is Cc1onc(-c2ccccc2)c1C(=O)NC[C@H]1Cc2c(F)ccc(-c3ccncc3)c2O1. The monoisotopic (exact) mass is 429 g/mol. The molecule has 32 heavy (non-hydrogen) atoms. The summed E-state index contributed by atoms with van der Waals surface area (Å²) in [6.45, 7) is 1.92. The van der Waals surface area contributed by atoms with Gasteiger partial charge in [0.15, 0.2) is 0 Å². The molecule has 1 aliphatic rings. The molecule has 0 aliphatic carbocycles. The lowest BCUT2D eigenvalue weighted by atomic mass is 10.0. The predicted octanol–water partition coefficient (Wildman–Crippen LogP) is 4.58. The average Bonchev–Trinajstić information content (AvgIpc) is 3.43. The Bertz CT molecular complexity index is 1270. The number of ether oxygens (including phenoxy) is 1. The van der Waals surface area contributed by atoms with E-state index in [9.17, 15) is 9.18 Å². The minimum Gasteiger partial charge on any atom is -0.487 e. The summed E-state index contributed by atoms with van der Waals surface area (Å²) in [5, 5.41) is 6.95. The molecule has 0 unspecified atom stereocenters. The molecule has 0 saturated carbocycles. The van der Waals surface area contributed by atoms with Crippen LogP contribution >= 0.6 is 0 Å². The minimum absolute atomic E-state index is 0.224. The van der Waals surface area contributed by atoms with Crippen LogP contribution in [0.4, 0.5) is 4.39 Å². The van der Waals surface area contributed by atoms with E-state index >= 15 is 0 Å². The van der Waals surface area contributed by atoms with Crippen LogP contribution in [0.25, 0.3) is 22.4 Å². The van der Waals surface area contributed by atoms with Gasteiger partial charge in [-0.05, 0) is 36.8 Å². The van der Waals surface area contributed by atoms with E-state index in [0.717, 1.165) is 16.7 Å². The van der Waals surface area contributed by atoms with E-state index in [1.165, 1.54) is 6.07 Å². The van der Waals surface area contributed by atoms with Crippen molar-refractivity contribution in [1.82, 2.24) is 15.5 Å². The Morgan fingerprint density at radius 1 is 1.09 bits per heavy atom. The zero-order valence-electron chi connectivity index (χ0n) is 17.3. The van der Waals surface area contributed by atoms with Crippen molar-refractivity contribution in [3.63, 3.8) is 0 Å². The molecule has 1 amide bonds. The Labute approximate surface area is 184 Å². The molecule has 0 saturated heterocycles. The van der Waals surface area contributed by atoms with Crippen LogP contribution in [0.3, 0.4) is 0 Å². The highest BCUT2D eigenvalue weighted by Gasteiger charge is 2.30. The number of carbonyl (C=O) groups is 1. The number of fused-ring (bicyclic) bond motifs is 1. The molecular weight excluding hydrogens is 409 g/mol. The van der Waals surface area contributed by atoms with Gasteiger partial charge in [0, 0.05) is 35.5 Å². The standard InChI is InChI=1S/C25H20FN3O3/c1-15-22(23(29-32-15)17-5-3-2-4-6-17)25(30)28-14-18-13-20-21(26)8-7-19(24(20)31-18)16-9-11-27-12-10-16/h2-12,18H,13-14H2,1H3,(H,28,30)/t18-/m1/s1. The smallest absolute Gasteiger partial charge is 0.257 e. The molecule has 3 heterocycles. The number of aryl methyl sites for hydroxylation is 1. The molecule has 0 fully saturated rings. The summed E-state index contributed by atoms with van der Waals surface area (Å²) >= 11 is 0. The number of nitrogens with one attached hydrogen (secondary N) is 1. The number of hydrogen-bond donors (Lipinski definition) is 1. The average molecular weight is 429 g/mol. The largest absolute Gasteiger partial charge is 0.487 e. The topological polar surface area (TPSA) is 77.3 Å². The first-order valence-electron chi connectivity index (χ1n) is 10.3. The second kappa shape index (κ2) is 8.26. The van der Waals surface area contributed by atoms with Gasteiger partial charge in [0.05, 0.1) is 6.54 Å². The van der Waals surface area contributed by atoms with E-state index in [2.05, 4.69) is 15.5 Å². The molecule has 2 aromatic carbocycles. The Balaban J connectivity index is 1.33. The molecule has 1 atom stereocenters. The van der Waals surface area contributed by atoms with Crippen molar-refractivity contribution < 1.29 is 18.4 Å². The van der Waals surface area contributed by atoms with Crippen LogP contribution in [0.1, 0.15) is 21.7 Å². The lowest BCUT2D eigenvalue weighted by molar-refractivity contribution is 0.0932. The predicted molar refractivity (Wildman–Crippen MR) is 117 cm³/mol. The molecule has 1 N–H and O–H groups in total. The fraction of sp³-hybridized carbons (Fsp3) is 0.160. The Morgan fingerprint density at radius 3 is 2.66 bits per heavy atom. The summed E-state index contributed by atoms with van der Waals surface area (Å²) in [5.41, 5.74) is 3.89. The van der Waals surface area contributed by atoms with Crippen molar-refractivity contribution in [1.29, 1.82) is 0 Å². The number of aromatic nitrogens is 2. The van der Waals surface area contributed by atoms with Crippen molar-refractivity contribution in [2.45, 2.75) is 19.4 Å². The van der Waals surface area contributed by atoms with Crippen LogP contribution in [0.15, 0.2) is 71.5 Å². The van der Waals surface area contributed by atoms with Crippen LogP contribution in [-0.2, 0) is 6.42 Å². The summed E-state index contributed by atoms with van der Waals surface area (Å²) in [4.78, 5) is 17.0. The van der Waals surface area contributed by atoms with Crippen molar-refractivity contribution in [3.05, 3.63) is 89.7 Å². The highest BCUT2D eigenvalue weighted by molar-refractivity contribution is 6.00. The lowest BCUT2D eigenvalue weighted by Gasteiger charge is -2.14. The third kappa shape index (κ3) is 3.62. The molecule has 4 aromatic rings. The van der Waals surface area contributed by atoms with E-state index in [1.54, 1.807) is 25.4 Å². The normalized spacial score (nSPS) is 14.6. The van der Waals surface area contributed by atoms with Crippen LogP contribution < -0.4 is 10.1 Å². The van der Waals surface area contributed by atoms with Crippen molar-refractivity contribution in [3.8, 4) is 28.1 Å². The molecule has 1 aliphatic heterocycles. The number of pyridine rings is 1. The van der Waals surface area contributed by atoms with Gasteiger partial charge < -0.3 is 14.6 Å². The molecule has 7 heteroatoms. The molecule has 2 aromatic heterocycles. The molecular formula is C25H20FN3O3. The van der Waals surface area contributed by atoms with E-state index in [4.69, 9.17) is 9.26 Å². The highest BCUT2D eigenvalue weighted by atomic mass is 19.1. The number of benzene rings is 2. The van der Waals surface area contributed by atoms with Gasteiger partial charge in [0.2, 0.25) is 0 Å². The zero-order valence-corrected chi connectivity index (χ0v) is 17.3. The molecule has 160 valence electrons. The Morgan fingerprint density at radius 2 is 1.88 bits per heavy atom. The van der Waals surface area contributed by atoms with Crippen molar-refractivity contribution in [2.24, 2.45) is 0 Å². The van der Waals surface area contributed by atoms with Gasteiger partial charge in [-0.25, -0.2) is 4.39 Å². The number of hydrogen-bond acceptors (Lipinski definition) is 5. The summed E-state index contributed by atoms with van der Waals surface area (Å²) in [7, 11) is 0. The maximum Gasteiger partial charge on any atom is 0.257 e. The Kier molecular flexibility index (Phi) is 5.15. The van der Waals surface area contributed by atoms with E-state index in [-0.39, 0.29) is 24.4 Å². The highest BCUT2D eigenvalue weighted by Crippen LogP contribution is 2.40. The third-order valence-electron chi connectivity index (χ3n) is 5.54. The van der Waals surface area contributed by atoms with Crippen LogP contribution in [0.5, 0.6) is 5.75 Å². The van der Waals surface area contributed by atoms with Gasteiger partial charge in [-0.2, -0.15) is 0 Å². The van der Waals surface area contributed by atoms with E-state index < -0.39 is 0 Å². The maximum absolute atomic E-state index is 14.5. The number of halogens is 1. The van der Waals surface area contributed by atoms with Crippen LogP contribution in [-0.4, -0.2) is 28.7 Å². The second-order valence-electron chi connectivity index (χ2n) is 7.62. The van der Waals surface area contributed by atoms with Gasteiger partial charge in [0.1, 0.15) is 34.7 Å². The van der Waals surface area contributed by atoms with Gasteiger partial charge in [-0.1, -0.05) is 35.5 Å². The molecule has 6 nitrogen and oxygen atoms in total. The molecule has 5 rings (SSSR count). The van der Waals surface area contributed by atoms with Crippen LogP contribution in [0, 0.1) is 12.7 Å². The number of rotatable bonds is 5. The van der Waals surface area contributed by atoms with Crippen LogP contribution in [0.2, 0.25) is 0 Å². The molecule has 0 bridgehead atoms. The first kappa shape index (κ1) is 19.9. The second-order valence-corrected chi connectivity index (χ2v) is 7.62. The van der Waals surface area contributed by atoms with Gasteiger partial charge in [0.25, 0.3) is 5.91 Å². The third-order valence-corrected chi connectivity index (χ3v) is 5.54. The molecule has 0 radical (unpaired) electrons. The summed E-state index contributed by atoms with van der Waals surface area (Å²) < 4.78 is 25.8. The Hall–Kier alpha value is -4.00. The number of nitrogens with zero attached hydrogens (tertiary/aromatic N) is 2. The molecule has 0 spiro atoms. The summed E-state index contributed by atoms with van der Waals surface area (Å²) in [5.74, 6) is 0.328. The maximum atomic E-state index is 14.5. The summed E-state index contributed by atoms with van der Waals surface area (Å²) in [6, 6.07) is 16.2.